The van der Waals surface area contributed by atoms with Crippen molar-refractivity contribution in [1.82, 2.24) is 0 Å². The minimum atomic E-state index is -1.93. The Labute approximate surface area is 209 Å². The zero-order valence-corrected chi connectivity index (χ0v) is 24.8. The third-order valence-corrected chi connectivity index (χ3v) is 26.2. The molecular weight excluding hydrogens is 515 g/mol. The van der Waals surface area contributed by atoms with E-state index in [2.05, 4.69) is 102 Å². The molecule has 0 aromatic heterocycles. The second-order valence-electron chi connectivity index (χ2n) is 8.93. The van der Waals surface area contributed by atoms with Crippen molar-refractivity contribution in [2.24, 2.45) is 5.92 Å². The maximum Gasteiger partial charge on any atom is -0.147 e. The molecule has 0 amide bonds. The van der Waals surface area contributed by atoms with Crippen molar-refractivity contribution in [2.45, 2.75) is 51.3 Å². The van der Waals surface area contributed by atoms with Crippen LogP contribution in [0.1, 0.15) is 54.9 Å². The summed E-state index contributed by atoms with van der Waals surface area (Å²) in [5.41, 5.74) is 12.2. The number of fused-ring (bicyclic) bond motifs is 1. The SMILES string of the molecule is CC1=C(C)C(C)[C]([Zr]([CH]2C(C)=C(c3ccccc3)c3ccccc32)=[Si](C)C)=C1C.Cl.Cl. The van der Waals surface area contributed by atoms with E-state index in [0.717, 1.165) is 0 Å². The number of allylic oxidation sites excluding steroid dienone is 5. The Morgan fingerprint density at radius 1 is 0.742 bits per heavy atom. The minimum absolute atomic E-state index is 0. The summed E-state index contributed by atoms with van der Waals surface area (Å²) < 4.78 is 2.61. The van der Waals surface area contributed by atoms with E-state index in [9.17, 15) is 0 Å². The van der Waals surface area contributed by atoms with Crippen molar-refractivity contribution in [3.05, 3.63) is 96.9 Å². The van der Waals surface area contributed by atoms with Gasteiger partial charge in [0.2, 0.25) is 0 Å². The number of hydrogen-bond donors (Lipinski definition) is 0. The van der Waals surface area contributed by atoms with Gasteiger partial charge in [-0.15, -0.1) is 24.8 Å². The van der Waals surface area contributed by atoms with Crippen molar-refractivity contribution >= 4 is 35.8 Å². The van der Waals surface area contributed by atoms with Gasteiger partial charge in [0.05, 0.1) is 0 Å². The van der Waals surface area contributed by atoms with Crippen molar-refractivity contribution in [1.29, 1.82) is 0 Å². The number of hydrogen-bond acceptors (Lipinski definition) is 0. The molecule has 0 saturated carbocycles. The Hall–Kier alpha value is -0.660. The van der Waals surface area contributed by atoms with Gasteiger partial charge >= 0.3 is 185 Å². The van der Waals surface area contributed by atoms with Gasteiger partial charge in [-0.25, -0.2) is 0 Å². The number of halogens is 2. The molecule has 0 heterocycles. The molecule has 31 heavy (non-hydrogen) atoms. The van der Waals surface area contributed by atoms with Gasteiger partial charge in [-0.2, -0.15) is 0 Å². The van der Waals surface area contributed by atoms with Crippen molar-refractivity contribution < 1.29 is 20.4 Å². The van der Waals surface area contributed by atoms with E-state index in [4.69, 9.17) is 0 Å². The summed E-state index contributed by atoms with van der Waals surface area (Å²) in [5.74, 6) is 0.657. The van der Waals surface area contributed by atoms with Crippen LogP contribution in [0.25, 0.3) is 5.57 Å². The van der Waals surface area contributed by atoms with E-state index in [-0.39, 0.29) is 30.2 Å². The molecular formula is C27H34Cl2SiZr. The van der Waals surface area contributed by atoms with Crippen molar-refractivity contribution in [2.75, 3.05) is 0 Å². The molecule has 0 bridgehead atoms. The smallest absolute Gasteiger partial charge is 0.147 e. The number of rotatable bonds is 3. The Morgan fingerprint density at radius 2 is 1.32 bits per heavy atom. The quantitative estimate of drug-likeness (QED) is 0.337. The molecule has 2 aromatic carbocycles. The van der Waals surface area contributed by atoms with E-state index < -0.39 is 20.4 Å². The fourth-order valence-electron chi connectivity index (χ4n) is 5.44. The maximum absolute atomic E-state index is 2.60. The summed E-state index contributed by atoms with van der Waals surface area (Å²) in [7, 11) is 0. The molecule has 2 unspecified atom stereocenters. The van der Waals surface area contributed by atoms with Gasteiger partial charge in [0, 0.05) is 0 Å². The molecule has 2 aliphatic carbocycles. The predicted octanol–water partition coefficient (Wildman–Crippen LogP) is 8.54. The molecule has 0 nitrogen and oxygen atoms in total. The molecule has 4 heteroatoms. The molecule has 0 spiro atoms. The first kappa shape index (κ1) is 26.6. The van der Waals surface area contributed by atoms with Crippen LogP contribution in [0.3, 0.4) is 0 Å². The minimum Gasteiger partial charge on any atom is -0.147 e. The molecule has 0 saturated heterocycles. The van der Waals surface area contributed by atoms with E-state index in [0.29, 0.717) is 9.54 Å². The summed E-state index contributed by atoms with van der Waals surface area (Å²) in [6, 6.07) is 20.4. The molecule has 164 valence electrons. The Bertz CT molecular complexity index is 1120. The molecule has 2 aliphatic rings. The van der Waals surface area contributed by atoms with Gasteiger partial charge in [0.1, 0.15) is 0 Å². The van der Waals surface area contributed by atoms with Gasteiger partial charge in [-0.1, -0.05) is 0 Å². The van der Waals surface area contributed by atoms with Crippen LogP contribution in [0.4, 0.5) is 0 Å². The molecule has 0 radical (unpaired) electrons. The summed E-state index contributed by atoms with van der Waals surface area (Å²) in [4.78, 5) is 0. The van der Waals surface area contributed by atoms with Crippen LogP contribution in [-0.4, -0.2) is 5.43 Å². The monoisotopic (exact) mass is 546 g/mol. The van der Waals surface area contributed by atoms with Gasteiger partial charge < -0.3 is 0 Å². The summed E-state index contributed by atoms with van der Waals surface area (Å²) in [6.45, 7) is 17.3. The fraction of sp³-hybridized carbons (Fsp3) is 0.333. The molecule has 0 N–H and O–H groups in total. The van der Waals surface area contributed by atoms with Gasteiger partial charge in [-0.3, -0.25) is 0 Å². The van der Waals surface area contributed by atoms with Crippen LogP contribution in [0.2, 0.25) is 13.1 Å². The number of benzene rings is 2. The molecule has 2 aromatic rings. The van der Waals surface area contributed by atoms with E-state index in [1.807, 2.05) is 3.28 Å². The zero-order valence-electron chi connectivity index (χ0n) is 19.7. The average Bonchev–Trinajstić information content (AvgIpc) is 3.10. The van der Waals surface area contributed by atoms with E-state index in [1.54, 1.807) is 27.9 Å². The topological polar surface area (TPSA) is 0 Å². The average molecular weight is 549 g/mol. The van der Waals surface area contributed by atoms with Crippen LogP contribution in [-0.2, 0) is 20.4 Å². The predicted molar refractivity (Wildman–Crippen MR) is 140 cm³/mol. The zero-order chi connectivity index (χ0) is 20.9. The van der Waals surface area contributed by atoms with E-state index in [1.165, 1.54) is 16.7 Å². The maximum atomic E-state index is 2.60. The summed E-state index contributed by atoms with van der Waals surface area (Å²) in [6.07, 6.45) is 0. The summed E-state index contributed by atoms with van der Waals surface area (Å²) in [5, 5.41) is 0. The fourth-order valence-corrected chi connectivity index (χ4v) is 26.1. The standard InChI is InChI=1S/C16H13.C9H13.C2H6Si.2ClH.Zr/c1-12-11-14-9-5-6-10-15(14)16(12)13-7-3-2-4-8-13;1-6-5-7(2)9(4)8(6)3;1-3-2;;;/h2-11H,1H3;6H,1-4H3;1-2H3;2*1H;. The van der Waals surface area contributed by atoms with Crippen LogP contribution >= 0.6 is 24.8 Å². The second kappa shape index (κ2) is 10.5. The molecule has 0 aliphatic heterocycles. The Morgan fingerprint density at radius 3 is 1.87 bits per heavy atom. The first-order valence-electron chi connectivity index (χ1n) is 10.8. The van der Waals surface area contributed by atoms with Crippen LogP contribution < -0.4 is 0 Å². The molecule has 2 atom stereocenters. The van der Waals surface area contributed by atoms with Gasteiger partial charge in [-0.05, 0) is 0 Å². The van der Waals surface area contributed by atoms with Crippen molar-refractivity contribution in [3.8, 4) is 0 Å². The van der Waals surface area contributed by atoms with Gasteiger partial charge in [0.25, 0.3) is 0 Å². The molecule has 4 rings (SSSR count). The largest absolute Gasteiger partial charge is 0.147 e. The Kier molecular flexibility index (Phi) is 9.02. The normalized spacial score (nSPS) is 19.8. The van der Waals surface area contributed by atoms with Gasteiger partial charge in [0.15, 0.2) is 0 Å². The first-order chi connectivity index (χ1) is 13.8. The Balaban J connectivity index is 0.00000171. The van der Waals surface area contributed by atoms with Crippen LogP contribution in [0, 0.1) is 5.92 Å². The second-order valence-corrected chi connectivity index (χ2v) is 26.3. The van der Waals surface area contributed by atoms with Crippen LogP contribution in [0.5, 0.6) is 0 Å². The van der Waals surface area contributed by atoms with E-state index >= 15 is 0 Å². The third kappa shape index (κ3) is 4.43. The third-order valence-electron chi connectivity index (χ3n) is 7.19. The summed E-state index contributed by atoms with van der Waals surface area (Å²) >= 11 is -1.93. The first-order valence-corrected chi connectivity index (χ1v) is 19.6. The molecule has 0 fully saturated rings. The van der Waals surface area contributed by atoms with Crippen LogP contribution in [0.15, 0.2) is 80.2 Å². The van der Waals surface area contributed by atoms with Crippen molar-refractivity contribution in [3.63, 3.8) is 0 Å².